The second-order valence-corrected chi connectivity index (χ2v) is 9.35. The number of hydrogen-bond donors (Lipinski definition) is 1. The monoisotopic (exact) mass is 409 g/mol. The molecule has 6 nitrogen and oxygen atoms in total. The zero-order valence-electron chi connectivity index (χ0n) is 18.8. The topological polar surface area (TPSA) is 53.4 Å². The van der Waals surface area contributed by atoms with Crippen LogP contribution in [0.2, 0.25) is 0 Å². The molecule has 1 fully saturated rings. The van der Waals surface area contributed by atoms with Crippen molar-refractivity contribution in [3.63, 3.8) is 0 Å². The third kappa shape index (κ3) is 4.38. The van der Waals surface area contributed by atoms with Gasteiger partial charge in [-0.15, -0.1) is 0 Å². The van der Waals surface area contributed by atoms with Crippen LogP contribution in [-0.2, 0) is 20.0 Å². The van der Waals surface area contributed by atoms with Gasteiger partial charge in [-0.3, -0.25) is 14.4 Å². The molecule has 30 heavy (non-hydrogen) atoms. The minimum atomic E-state index is 0.0749. The molecule has 162 valence electrons. The third-order valence-electron chi connectivity index (χ3n) is 6.64. The van der Waals surface area contributed by atoms with Gasteiger partial charge in [0.05, 0.1) is 5.69 Å². The van der Waals surface area contributed by atoms with E-state index in [1.165, 1.54) is 12.0 Å². The van der Waals surface area contributed by atoms with Crippen LogP contribution in [0.1, 0.15) is 54.9 Å². The summed E-state index contributed by atoms with van der Waals surface area (Å²) in [7, 11) is 4.11. The lowest BCUT2D eigenvalue weighted by atomic mass is 10.1. The van der Waals surface area contributed by atoms with Gasteiger partial charge in [0.15, 0.2) is 0 Å². The van der Waals surface area contributed by atoms with E-state index in [2.05, 4.69) is 60.5 Å². The highest BCUT2D eigenvalue weighted by Gasteiger charge is 2.34. The Morgan fingerprint density at radius 2 is 1.93 bits per heavy atom. The highest BCUT2D eigenvalue weighted by atomic mass is 16.2. The molecule has 2 aromatic rings. The van der Waals surface area contributed by atoms with E-state index in [1.807, 2.05) is 18.0 Å². The number of carbonyl (C=O) groups excluding carboxylic acids is 1. The van der Waals surface area contributed by atoms with Crippen molar-refractivity contribution in [2.75, 3.05) is 25.5 Å². The average Bonchev–Trinajstić information content (AvgIpc) is 3.22. The van der Waals surface area contributed by atoms with Crippen LogP contribution in [-0.4, -0.2) is 57.7 Å². The fourth-order valence-corrected chi connectivity index (χ4v) is 4.95. The Labute approximate surface area is 180 Å². The van der Waals surface area contributed by atoms with Crippen LogP contribution in [0.5, 0.6) is 0 Å². The lowest BCUT2D eigenvalue weighted by molar-refractivity contribution is 0.0678. The van der Waals surface area contributed by atoms with Gasteiger partial charge >= 0.3 is 0 Å². The van der Waals surface area contributed by atoms with Crippen molar-refractivity contribution in [2.45, 2.75) is 58.2 Å². The molecule has 4 rings (SSSR count). The molecule has 0 spiro atoms. The minimum Gasteiger partial charge on any atom is -0.385 e. The lowest BCUT2D eigenvalue weighted by Gasteiger charge is -2.31. The Hall–Kier alpha value is -2.34. The molecule has 2 bridgehead atoms. The van der Waals surface area contributed by atoms with Crippen LogP contribution in [0.15, 0.2) is 30.3 Å². The Morgan fingerprint density at radius 3 is 2.73 bits per heavy atom. The molecule has 1 aromatic carbocycles. The number of nitrogens with one attached hydrogen (secondary N) is 1. The Bertz CT molecular complexity index is 889. The van der Waals surface area contributed by atoms with Gasteiger partial charge in [-0.05, 0) is 56.3 Å². The standard InChI is InChI=1S/C24H35N5O/c1-17(2)13-19-14-23(28(4)26-19)24(30)29-15-18-7-5-6-8-22(18)25-12-11-20-9-10-21(16-29)27(20)3/h5-8,14,17,20-21,25H,9-13,15-16H2,1-4H3/t20-,21+/m0/s1. The van der Waals surface area contributed by atoms with E-state index >= 15 is 0 Å². The first-order chi connectivity index (χ1) is 14.4. The number of anilines is 1. The number of benzene rings is 1. The van der Waals surface area contributed by atoms with Gasteiger partial charge in [0.2, 0.25) is 0 Å². The van der Waals surface area contributed by atoms with Crippen LogP contribution in [0.4, 0.5) is 5.69 Å². The molecule has 6 heteroatoms. The normalized spacial score (nSPS) is 22.5. The number of likely N-dealkylation sites (N-methyl/N-ethyl adjacent to an activating group) is 1. The van der Waals surface area contributed by atoms with Gasteiger partial charge in [-0.1, -0.05) is 32.0 Å². The van der Waals surface area contributed by atoms with E-state index < -0.39 is 0 Å². The van der Waals surface area contributed by atoms with Gasteiger partial charge in [-0.25, -0.2) is 0 Å². The number of aryl methyl sites for hydroxylation is 1. The molecule has 2 aliphatic heterocycles. The van der Waals surface area contributed by atoms with E-state index in [0.29, 0.717) is 30.2 Å². The Balaban J connectivity index is 1.65. The van der Waals surface area contributed by atoms with Crippen molar-refractivity contribution in [1.29, 1.82) is 0 Å². The second-order valence-electron chi connectivity index (χ2n) is 9.35. The Morgan fingerprint density at radius 1 is 1.17 bits per heavy atom. The third-order valence-corrected chi connectivity index (χ3v) is 6.64. The molecule has 0 saturated carbocycles. The molecule has 2 atom stereocenters. The number of carbonyl (C=O) groups is 1. The molecule has 1 saturated heterocycles. The molecule has 1 amide bonds. The first-order valence-electron chi connectivity index (χ1n) is 11.3. The van der Waals surface area contributed by atoms with Crippen LogP contribution in [0, 0.1) is 5.92 Å². The van der Waals surface area contributed by atoms with E-state index in [9.17, 15) is 4.79 Å². The molecular weight excluding hydrogens is 374 g/mol. The van der Waals surface area contributed by atoms with E-state index in [1.54, 1.807) is 4.68 Å². The largest absolute Gasteiger partial charge is 0.385 e. The average molecular weight is 410 g/mol. The first-order valence-corrected chi connectivity index (χ1v) is 11.3. The summed E-state index contributed by atoms with van der Waals surface area (Å²) in [6.07, 6.45) is 4.38. The number of fused-ring (bicyclic) bond motifs is 3. The number of rotatable bonds is 3. The van der Waals surface area contributed by atoms with Gasteiger partial charge < -0.3 is 10.2 Å². The van der Waals surface area contributed by atoms with Crippen molar-refractivity contribution in [3.8, 4) is 0 Å². The van der Waals surface area contributed by atoms with Crippen LogP contribution >= 0.6 is 0 Å². The first kappa shape index (κ1) is 20.9. The summed E-state index contributed by atoms with van der Waals surface area (Å²) in [6, 6.07) is 11.4. The van der Waals surface area contributed by atoms with Crippen molar-refractivity contribution >= 4 is 11.6 Å². The number of hydrogen-bond acceptors (Lipinski definition) is 4. The maximum atomic E-state index is 13.7. The quantitative estimate of drug-likeness (QED) is 0.843. The van der Waals surface area contributed by atoms with E-state index in [4.69, 9.17) is 0 Å². The number of amides is 1. The maximum Gasteiger partial charge on any atom is 0.272 e. The zero-order valence-corrected chi connectivity index (χ0v) is 18.8. The fraction of sp³-hybridized carbons (Fsp3) is 0.583. The predicted molar refractivity (Wildman–Crippen MR) is 121 cm³/mol. The van der Waals surface area contributed by atoms with Gasteiger partial charge in [0, 0.05) is 44.5 Å². The van der Waals surface area contributed by atoms with Gasteiger partial charge in [-0.2, -0.15) is 5.10 Å². The Kier molecular flexibility index (Phi) is 6.14. The van der Waals surface area contributed by atoms with Gasteiger partial charge in [0.1, 0.15) is 5.69 Å². The van der Waals surface area contributed by atoms with Gasteiger partial charge in [0.25, 0.3) is 5.91 Å². The molecule has 0 radical (unpaired) electrons. The fourth-order valence-electron chi connectivity index (χ4n) is 4.95. The molecule has 0 aliphatic carbocycles. The van der Waals surface area contributed by atoms with Crippen molar-refractivity contribution in [1.82, 2.24) is 19.6 Å². The van der Waals surface area contributed by atoms with E-state index in [-0.39, 0.29) is 5.91 Å². The molecular formula is C24H35N5O. The summed E-state index contributed by atoms with van der Waals surface area (Å²) in [6.45, 7) is 6.69. The smallest absolute Gasteiger partial charge is 0.272 e. The highest BCUT2D eigenvalue weighted by molar-refractivity contribution is 5.92. The second kappa shape index (κ2) is 8.80. The minimum absolute atomic E-state index is 0.0749. The van der Waals surface area contributed by atoms with Crippen molar-refractivity contribution in [2.24, 2.45) is 13.0 Å². The summed E-state index contributed by atoms with van der Waals surface area (Å²) in [5.41, 5.74) is 3.99. The summed E-state index contributed by atoms with van der Waals surface area (Å²) in [5, 5.41) is 8.23. The van der Waals surface area contributed by atoms with Crippen molar-refractivity contribution < 1.29 is 4.79 Å². The summed E-state index contributed by atoms with van der Waals surface area (Å²) < 4.78 is 1.76. The maximum absolute atomic E-state index is 13.7. The summed E-state index contributed by atoms with van der Waals surface area (Å²) >= 11 is 0. The predicted octanol–water partition coefficient (Wildman–Crippen LogP) is 3.54. The number of nitrogens with zero attached hydrogens (tertiary/aromatic N) is 4. The van der Waals surface area contributed by atoms with E-state index in [0.717, 1.165) is 43.7 Å². The molecule has 0 unspecified atom stereocenters. The molecule has 1 N–H and O–H groups in total. The lowest BCUT2D eigenvalue weighted by Crippen LogP contribution is -2.43. The van der Waals surface area contributed by atoms with Crippen LogP contribution in [0.3, 0.4) is 0 Å². The SMILES string of the molecule is CC(C)Cc1cc(C(=O)N2Cc3ccccc3NCC[C@@H]3CC[C@H](C2)N3C)n(C)n1. The zero-order chi connectivity index (χ0) is 21.3. The molecule has 3 heterocycles. The van der Waals surface area contributed by atoms with Crippen LogP contribution in [0.25, 0.3) is 0 Å². The number of para-hydroxylation sites is 1. The number of aromatic nitrogens is 2. The van der Waals surface area contributed by atoms with Crippen LogP contribution < -0.4 is 5.32 Å². The highest BCUT2D eigenvalue weighted by Crippen LogP contribution is 2.28. The summed E-state index contributed by atoms with van der Waals surface area (Å²) in [4.78, 5) is 18.2. The summed E-state index contributed by atoms with van der Waals surface area (Å²) in [5.74, 6) is 0.591. The van der Waals surface area contributed by atoms with Crippen molar-refractivity contribution in [3.05, 3.63) is 47.3 Å². The molecule has 1 aromatic heterocycles. The molecule has 2 aliphatic rings.